The number of carbonyl (C=O) groups is 3. The molecule has 166 valence electrons. The minimum absolute atomic E-state index is 0.0295. The van der Waals surface area contributed by atoms with Crippen LogP contribution in [0.15, 0.2) is 54.6 Å². The monoisotopic (exact) mass is 430 g/mol. The molecule has 9 nitrogen and oxygen atoms in total. The van der Waals surface area contributed by atoms with Crippen molar-refractivity contribution in [2.45, 2.75) is 26.1 Å². The number of amides is 1. The van der Waals surface area contributed by atoms with Crippen LogP contribution in [-0.4, -0.2) is 64.8 Å². The first-order valence-electron chi connectivity index (χ1n) is 9.69. The summed E-state index contributed by atoms with van der Waals surface area (Å²) in [6.45, 7) is 5.97. The lowest BCUT2D eigenvalue weighted by atomic mass is 10.2. The largest absolute Gasteiger partial charge is 0.473 e. The van der Waals surface area contributed by atoms with E-state index >= 15 is 0 Å². The number of ether oxygens (including phenoxy) is 2. The highest BCUT2D eigenvalue weighted by Gasteiger charge is 2.23. The van der Waals surface area contributed by atoms with Crippen LogP contribution in [-0.2, 0) is 19.1 Å². The molecule has 1 heterocycles. The summed E-state index contributed by atoms with van der Waals surface area (Å²) in [5.41, 5.74) is 0.729. The maximum absolute atomic E-state index is 12.3. The van der Waals surface area contributed by atoms with E-state index in [1.165, 1.54) is 0 Å². The quantitative estimate of drug-likeness (QED) is 0.618. The number of carbonyl (C=O) groups excluding carboxylic acids is 1. The summed E-state index contributed by atoms with van der Waals surface area (Å²) in [4.78, 5) is 32.7. The van der Waals surface area contributed by atoms with Gasteiger partial charge in [-0.25, -0.2) is 9.59 Å². The highest BCUT2D eigenvalue weighted by Crippen LogP contribution is 2.23. The fourth-order valence-electron chi connectivity index (χ4n) is 3.08. The van der Waals surface area contributed by atoms with Gasteiger partial charge in [0, 0.05) is 24.8 Å². The van der Waals surface area contributed by atoms with Gasteiger partial charge in [-0.1, -0.05) is 24.3 Å². The van der Waals surface area contributed by atoms with Gasteiger partial charge in [-0.2, -0.15) is 0 Å². The fourth-order valence-corrected chi connectivity index (χ4v) is 3.08. The van der Waals surface area contributed by atoms with Crippen molar-refractivity contribution in [1.82, 2.24) is 4.90 Å². The van der Waals surface area contributed by atoms with Crippen LogP contribution in [0.5, 0.6) is 11.5 Å². The van der Waals surface area contributed by atoms with E-state index in [4.69, 9.17) is 29.3 Å². The predicted molar refractivity (Wildman–Crippen MR) is 113 cm³/mol. The third-order valence-corrected chi connectivity index (χ3v) is 4.14. The minimum atomic E-state index is -1.82. The van der Waals surface area contributed by atoms with Crippen LogP contribution in [0.1, 0.15) is 13.8 Å². The van der Waals surface area contributed by atoms with Gasteiger partial charge in [0.2, 0.25) is 5.91 Å². The second kappa shape index (κ2) is 11.7. The Labute approximate surface area is 180 Å². The lowest BCUT2D eigenvalue weighted by Crippen LogP contribution is -2.48. The lowest BCUT2D eigenvalue weighted by molar-refractivity contribution is -0.159. The van der Waals surface area contributed by atoms with Crippen LogP contribution < -0.4 is 10.1 Å². The van der Waals surface area contributed by atoms with Crippen LogP contribution in [0, 0.1) is 0 Å². The molecule has 0 aromatic heterocycles. The number of aliphatic carboxylic acids is 2. The molecule has 0 aliphatic carbocycles. The molecule has 0 saturated carbocycles. The molecule has 2 aromatic carbocycles. The van der Waals surface area contributed by atoms with E-state index in [1.807, 2.05) is 68.4 Å². The van der Waals surface area contributed by atoms with Gasteiger partial charge in [0.05, 0.1) is 18.8 Å². The van der Waals surface area contributed by atoms with Gasteiger partial charge in [-0.05, 0) is 38.1 Å². The Morgan fingerprint density at radius 1 is 0.968 bits per heavy atom. The number of morpholine rings is 1. The molecule has 1 aliphatic heterocycles. The molecule has 1 saturated heterocycles. The number of hydrogen-bond acceptors (Lipinski definition) is 6. The van der Waals surface area contributed by atoms with Crippen molar-refractivity contribution in [3.63, 3.8) is 0 Å². The molecular formula is C22H26N2O7. The van der Waals surface area contributed by atoms with E-state index in [1.54, 1.807) is 0 Å². The van der Waals surface area contributed by atoms with E-state index in [0.717, 1.165) is 24.5 Å². The van der Waals surface area contributed by atoms with Gasteiger partial charge in [0.25, 0.3) is 0 Å². The molecule has 3 rings (SSSR count). The number of anilines is 1. The average molecular weight is 430 g/mol. The van der Waals surface area contributed by atoms with Gasteiger partial charge >= 0.3 is 11.9 Å². The second-order valence-electron chi connectivity index (χ2n) is 7.05. The summed E-state index contributed by atoms with van der Waals surface area (Å²) >= 11 is 0. The van der Waals surface area contributed by atoms with Crippen LogP contribution in [0.3, 0.4) is 0 Å². The zero-order valence-corrected chi connectivity index (χ0v) is 17.4. The molecule has 2 aromatic rings. The summed E-state index contributed by atoms with van der Waals surface area (Å²) in [6.07, 6.45) is 0.304. The number of benzene rings is 2. The number of hydrogen-bond donors (Lipinski definition) is 3. The van der Waals surface area contributed by atoms with Crippen molar-refractivity contribution in [1.29, 1.82) is 0 Å². The first kappa shape index (κ1) is 23.8. The highest BCUT2D eigenvalue weighted by molar-refractivity contribution is 6.27. The normalized spacial score (nSPS) is 18.3. The standard InChI is InChI=1S/C20H24N2O3.C2H2O4/c1-15-12-22(13-16(2)24-15)14-20(23)21-17-7-6-10-19(11-17)25-18-8-4-3-5-9-18;3-1(4)2(5)6/h3-11,15-16H,12-14H2,1-2H3,(H,21,23);(H,3,4)(H,5,6). The third-order valence-electron chi connectivity index (χ3n) is 4.14. The predicted octanol–water partition coefficient (Wildman–Crippen LogP) is 2.68. The van der Waals surface area contributed by atoms with E-state index in [-0.39, 0.29) is 18.1 Å². The van der Waals surface area contributed by atoms with Crippen LogP contribution >= 0.6 is 0 Å². The number of nitrogens with zero attached hydrogens (tertiary/aromatic N) is 1. The first-order chi connectivity index (χ1) is 14.7. The van der Waals surface area contributed by atoms with Crippen molar-refractivity contribution in [2.75, 3.05) is 25.0 Å². The van der Waals surface area contributed by atoms with Gasteiger partial charge < -0.3 is 25.0 Å². The molecule has 1 amide bonds. The van der Waals surface area contributed by atoms with Gasteiger partial charge in [-0.15, -0.1) is 0 Å². The zero-order valence-electron chi connectivity index (χ0n) is 17.4. The van der Waals surface area contributed by atoms with Crippen molar-refractivity contribution in [3.8, 4) is 11.5 Å². The van der Waals surface area contributed by atoms with E-state index < -0.39 is 11.9 Å². The van der Waals surface area contributed by atoms with Crippen molar-refractivity contribution < 1.29 is 34.1 Å². The molecule has 2 unspecified atom stereocenters. The van der Waals surface area contributed by atoms with Gasteiger partial charge in [-0.3, -0.25) is 9.69 Å². The molecule has 9 heteroatoms. The van der Waals surface area contributed by atoms with Crippen molar-refractivity contribution in [2.24, 2.45) is 0 Å². The van der Waals surface area contributed by atoms with Crippen LogP contribution in [0.2, 0.25) is 0 Å². The number of para-hydroxylation sites is 1. The Balaban J connectivity index is 0.000000501. The average Bonchev–Trinajstić information content (AvgIpc) is 2.68. The Morgan fingerprint density at radius 3 is 2.13 bits per heavy atom. The number of nitrogens with one attached hydrogen (secondary N) is 1. The molecule has 3 N–H and O–H groups in total. The second-order valence-corrected chi connectivity index (χ2v) is 7.05. The molecule has 1 fully saturated rings. The maximum Gasteiger partial charge on any atom is 0.414 e. The number of rotatable bonds is 5. The molecule has 0 bridgehead atoms. The number of carboxylic acids is 2. The third kappa shape index (κ3) is 8.85. The van der Waals surface area contributed by atoms with Crippen LogP contribution in [0.4, 0.5) is 5.69 Å². The summed E-state index contributed by atoms with van der Waals surface area (Å²) in [5, 5.41) is 17.7. The molecule has 0 spiro atoms. The summed E-state index contributed by atoms with van der Waals surface area (Å²) in [6, 6.07) is 17.0. The Hall–Kier alpha value is -3.43. The lowest BCUT2D eigenvalue weighted by Gasteiger charge is -2.34. The summed E-state index contributed by atoms with van der Waals surface area (Å²) in [5.74, 6) is -2.22. The Bertz CT molecular complexity index is 866. The highest BCUT2D eigenvalue weighted by atomic mass is 16.5. The van der Waals surface area contributed by atoms with E-state index in [9.17, 15) is 4.79 Å². The van der Waals surface area contributed by atoms with E-state index in [0.29, 0.717) is 12.3 Å². The smallest absolute Gasteiger partial charge is 0.414 e. The molecular weight excluding hydrogens is 404 g/mol. The molecule has 0 radical (unpaired) electrons. The summed E-state index contributed by atoms with van der Waals surface area (Å²) in [7, 11) is 0. The molecule has 1 aliphatic rings. The Morgan fingerprint density at radius 2 is 1.55 bits per heavy atom. The molecule has 2 atom stereocenters. The van der Waals surface area contributed by atoms with Crippen molar-refractivity contribution in [3.05, 3.63) is 54.6 Å². The first-order valence-corrected chi connectivity index (χ1v) is 9.69. The molecule has 31 heavy (non-hydrogen) atoms. The summed E-state index contributed by atoms with van der Waals surface area (Å²) < 4.78 is 11.5. The van der Waals surface area contributed by atoms with E-state index in [2.05, 4.69) is 10.2 Å². The van der Waals surface area contributed by atoms with Crippen molar-refractivity contribution >= 4 is 23.5 Å². The fraction of sp³-hybridized carbons (Fsp3) is 0.318. The minimum Gasteiger partial charge on any atom is -0.473 e. The Kier molecular flexibility index (Phi) is 8.98. The van der Waals surface area contributed by atoms with Crippen LogP contribution in [0.25, 0.3) is 0 Å². The van der Waals surface area contributed by atoms with Gasteiger partial charge in [0.15, 0.2) is 0 Å². The topological polar surface area (TPSA) is 125 Å². The number of carboxylic acid groups (broad SMARTS) is 2. The SMILES string of the molecule is CC1CN(CC(=O)Nc2cccc(Oc3ccccc3)c2)CC(C)O1.O=C(O)C(=O)O. The zero-order chi connectivity index (χ0) is 22.8. The van der Waals surface area contributed by atoms with Gasteiger partial charge in [0.1, 0.15) is 11.5 Å². The maximum atomic E-state index is 12.3.